The van der Waals surface area contributed by atoms with Crippen molar-refractivity contribution in [3.05, 3.63) is 69.5 Å². The highest BCUT2D eigenvalue weighted by Crippen LogP contribution is 2.48. The summed E-state index contributed by atoms with van der Waals surface area (Å²) in [4.78, 5) is 40.4. The van der Waals surface area contributed by atoms with Gasteiger partial charge in [-0.15, -0.1) is 0 Å². The van der Waals surface area contributed by atoms with Gasteiger partial charge in [-0.05, 0) is 69.0 Å². The predicted octanol–water partition coefficient (Wildman–Crippen LogP) is 6.23. The lowest BCUT2D eigenvalue weighted by atomic mass is 9.95. The smallest absolute Gasteiger partial charge is 0.410 e. The maximum absolute atomic E-state index is 14.2. The molecule has 0 bridgehead atoms. The Balaban J connectivity index is 1.49. The molecule has 2 aliphatic heterocycles. The van der Waals surface area contributed by atoms with E-state index in [1.807, 2.05) is 71.9 Å². The lowest BCUT2D eigenvalue weighted by molar-refractivity contribution is 0.0202. The standard InChI is InChI=1S/C34H36ClN7O4/c1-18(2)29-24(8-7-11-36-29)42-25-14-21(26-19(3)9-10-23-22(26)15-37-39-23)28(35)30-27(25)31(38-32(42)43)41-13-12-40(16-20(41)17-45-30)33(44)46-34(4,5)6/h7-11,14-15,18,20H,12-13,16-17H2,1-6H3,(H,37,39)/t20-/m0/s1. The summed E-state index contributed by atoms with van der Waals surface area (Å²) in [6, 6.07) is 9.39. The van der Waals surface area contributed by atoms with Crippen LogP contribution in [0.4, 0.5) is 10.6 Å². The molecule has 0 aliphatic carbocycles. The Bertz CT molecular complexity index is 2080. The molecule has 238 valence electrons. The van der Waals surface area contributed by atoms with E-state index in [2.05, 4.69) is 20.1 Å². The number of aromatic nitrogens is 5. The molecule has 3 aromatic heterocycles. The first-order valence-electron chi connectivity index (χ1n) is 15.5. The molecule has 0 radical (unpaired) electrons. The molecule has 1 amide bonds. The zero-order valence-electron chi connectivity index (χ0n) is 26.7. The number of benzene rings is 2. The van der Waals surface area contributed by atoms with Crippen LogP contribution in [0.1, 0.15) is 51.8 Å². The Morgan fingerprint density at radius 1 is 1.20 bits per heavy atom. The number of carbonyl (C=O) groups excluding carboxylic acids is 1. The number of aromatic amines is 1. The number of piperazine rings is 1. The van der Waals surface area contributed by atoms with Crippen molar-refractivity contribution < 1.29 is 14.3 Å². The van der Waals surface area contributed by atoms with Gasteiger partial charge in [0.15, 0.2) is 5.75 Å². The zero-order valence-corrected chi connectivity index (χ0v) is 27.5. The molecule has 2 aliphatic rings. The third kappa shape index (κ3) is 4.93. The maximum Gasteiger partial charge on any atom is 0.410 e. The van der Waals surface area contributed by atoms with Gasteiger partial charge in [0.2, 0.25) is 0 Å². The fourth-order valence-corrected chi connectivity index (χ4v) is 6.84. The molecule has 7 rings (SSSR count). The Kier molecular flexibility index (Phi) is 7.19. The highest BCUT2D eigenvalue weighted by molar-refractivity contribution is 6.37. The zero-order chi connectivity index (χ0) is 32.5. The number of hydrogen-bond acceptors (Lipinski definition) is 8. The Hall–Kier alpha value is -4.64. The number of fused-ring (bicyclic) bond motifs is 3. The second-order valence-corrected chi connectivity index (χ2v) is 13.6. The van der Waals surface area contributed by atoms with Gasteiger partial charge in [-0.3, -0.25) is 14.6 Å². The fourth-order valence-electron chi connectivity index (χ4n) is 6.55. The van der Waals surface area contributed by atoms with Crippen molar-refractivity contribution in [1.82, 2.24) is 29.6 Å². The van der Waals surface area contributed by atoms with Crippen LogP contribution < -0.4 is 15.3 Å². The summed E-state index contributed by atoms with van der Waals surface area (Å²) < 4.78 is 13.9. The summed E-state index contributed by atoms with van der Waals surface area (Å²) >= 11 is 7.32. The quantitative estimate of drug-likeness (QED) is 0.246. The third-order valence-electron chi connectivity index (χ3n) is 8.59. The summed E-state index contributed by atoms with van der Waals surface area (Å²) in [7, 11) is 0. The monoisotopic (exact) mass is 641 g/mol. The molecule has 46 heavy (non-hydrogen) atoms. The number of anilines is 1. The molecule has 1 atom stereocenters. The average Bonchev–Trinajstić information content (AvgIpc) is 3.42. The van der Waals surface area contributed by atoms with Crippen molar-refractivity contribution in [2.45, 2.75) is 59.1 Å². The number of hydrogen-bond donors (Lipinski definition) is 1. The van der Waals surface area contributed by atoms with Crippen molar-refractivity contribution >= 4 is 45.3 Å². The summed E-state index contributed by atoms with van der Waals surface area (Å²) in [5.74, 6) is 0.973. The number of pyridine rings is 1. The number of ether oxygens (including phenoxy) is 2. The minimum absolute atomic E-state index is 0.0447. The Labute approximate surface area is 271 Å². The Morgan fingerprint density at radius 2 is 2.00 bits per heavy atom. The second-order valence-electron chi connectivity index (χ2n) is 13.3. The van der Waals surface area contributed by atoms with Crippen molar-refractivity contribution in [3.8, 4) is 22.6 Å². The van der Waals surface area contributed by atoms with E-state index in [1.54, 1.807) is 21.9 Å². The SMILES string of the molecule is Cc1ccc2[nH]ncc2c1-c1cc2c3c(nc(=O)n2-c2cccnc2C(C)C)N2CCN(C(=O)OC(C)(C)C)C[C@H]2COc3c1Cl. The lowest BCUT2D eigenvalue weighted by Crippen LogP contribution is -2.57. The van der Waals surface area contributed by atoms with Gasteiger partial charge >= 0.3 is 11.8 Å². The van der Waals surface area contributed by atoms with E-state index in [0.29, 0.717) is 58.4 Å². The number of carbonyl (C=O) groups is 1. The third-order valence-corrected chi connectivity index (χ3v) is 8.97. The van der Waals surface area contributed by atoms with Gasteiger partial charge in [0.1, 0.15) is 18.0 Å². The van der Waals surface area contributed by atoms with Crippen molar-refractivity contribution in [2.75, 3.05) is 31.1 Å². The van der Waals surface area contributed by atoms with Crippen LogP contribution in [-0.4, -0.2) is 73.6 Å². The molecule has 1 saturated heterocycles. The average molecular weight is 642 g/mol. The van der Waals surface area contributed by atoms with E-state index < -0.39 is 11.3 Å². The van der Waals surface area contributed by atoms with E-state index in [-0.39, 0.29) is 24.7 Å². The van der Waals surface area contributed by atoms with Crippen LogP contribution in [0.25, 0.3) is 38.6 Å². The normalized spacial score (nSPS) is 16.5. The molecule has 1 fully saturated rings. The minimum Gasteiger partial charge on any atom is -0.489 e. The van der Waals surface area contributed by atoms with Crippen LogP contribution in [0.15, 0.2) is 47.5 Å². The van der Waals surface area contributed by atoms with E-state index in [1.165, 1.54) is 0 Å². The van der Waals surface area contributed by atoms with Crippen LogP contribution in [0, 0.1) is 6.92 Å². The van der Waals surface area contributed by atoms with Gasteiger partial charge in [0, 0.05) is 36.8 Å². The van der Waals surface area contributed by atoms with Crippen molar-refractivity contribution in [1.29, 1.82) is 0 Å². The fraction of sp³-hybridized carbons (Fsp3) is 0.382. The first-order valence-corrected chi connectivity index (χ1v) is 15.9. The maximum atomic E-state index is 14.2. The van der Waals surface area contributed by atoms with E-state index in [0.717, 1.165) is 27.7 Å². The number of nitrogens with one attached hydrogen (secondary N) is 1. The van der Waals surface area contributed by atoms with Gasteiger partial charge in [-0.25, -0.2) is 9.59 Å². The van der Waals surface area contributed by atoms with Gasteiger partial charge in [0.25, 0.3) is 0 Å². The van der Waals surface area contributed by atoms with Gasteiger partial charge in [0.05, 0.1) is 45.1 Å². The molecular weight excluding hydrogens is 606 g/mol. The molecule has 0 saturated carbocycles. The van der Waals surface area contributed by atoms with E-state index >= 15 is 0 Å². The molecule has 0 unspecified atom stereocenters. The molecule has 11 nitrogen and oxygen atoms in total. The molecule has 5 heterocycles. The summed E-state index contributed by atoms with van der Waals surface area (Å²) in [6.45, 7) is 13.1. The summed E-state index contributed by atoms with van der Waals surface area (Å²) in [5.41, 5.74) is 4.43. The highest BCUT2D eigenvalue weighted by atomic mass is 35.5. The highest BCUT2D eigenvalue weighted by Gasteiger charge is 2.38. The predicted molar refractivity (Wildman–Crippen MR) is 178 cm³/mol. The van der Waals surface area contributed by atoms with Crippen LogP contribution in [0.5, 0.6) is 5.75 Å². The van der Waals surface area contributed by atoms with Crippen molar-refractivity contribution in [3.63, 3.8) is 0 Å². The Morgan fingerprint density at radius 3 is 2.76 bits per heavy atom. The van der Waals surface area contributed by atoms with Gasteiger partial charge in [-0.2, -0.15) is 10.1 Å². The van der Waals surface area contributed by atoms with Gasteiger partial charge in [-0.1, -0.05) is 31.5 Å². The van der Waals surface area contributed by atoms with Crippen LogP contribution >= 0.6 is 11.6 Å². The first-order chi connectivity index (χ1) is 21.9. The topological polar surface area (TPSA) is 118 Å². The minimum atomic E-state index is -0.621. The van der Waals surface area contributed by atoms with Crippen LogP contribution in [0.3, 0.4) is 0 Å². The molecule has 12 heteroatoms. The molecule has 2 aromatic carbocycles. The number of nitrogens with zero attached hydrogens (tertiary/aromatic N) is 6. The molecule has 5 aromatic rings. The number of aryl methyl sites for hydroxylation is 1. The number of amides is 1. The summed E-state index contributed by atoms with van der Waals surface area (Å²) in [6.07, 6.45) is 3.13. The van der Waals surface area contributed by atoms with E-state index in [9.17, 15) is 9.59 Å². The van der Waals surface area contributed by atoms with Crippen LogP contribution in [0.2, 0.25) is 5.02 Å². The summed E-state index contributed by atoms with van der Waals surface area (Å²) in [5, 5.41) is 9.29. The van der Waals surface area contributed by atoms with Crippen molar-refractivity contribution in [2.24, 2.45) is 0 Å². The number of H-pyrrole nitrogens is 1. The number of rotatable bonds is 3. The van der Waals surface area contributed by atoms with Crippen LogP contribution in [-0.2, 0) is 4.74 Å². The largest absolute Gasteiger partial charge is 0.489 e. The second kappa shape index (κ2) is 11.0. The molecule has 1 N–H and O–H groups in total. The molecule has 0 spiro atoms. The number of halogens is 1. The van der Waals surface area contributed by atoms with Gasteiger partial charge < -0.3 is 19.3 Å². The van der Waals surface area contributed by atoms with E-state index in [4.69, 9.17) is 26.1 Å². The molecular formula is C34H36ClN7O4. The lowest BCUT2D eigenvalue weighted by Gasteiger charge is -2.41. The first kappa shape index (κ1) is 30.0.